The molecule has 2 amide bonds. The van der Waals surface area contributed by atoms with Gasteiger partial charge in [-0.3, -0.25) is 10.1 Å². The Morgan fingerprint density at radius 3 is 2.58 bits per heavy atom. The van der Waals surface area contributed by atoms with Crippen LogP contribution < -0.4 is 15.4 Å². The van der Waals surface area contributed by atoms with Crippen molar-refractivity contribution >= 4 is 40.6 Å². The van der Waals surface area contributed by atoms with Crippen molar-refractivity contribution in [1.29, 1.82) is 0 Å². The number of hydrogen-bond acceptors (Lipinski definition) is 5. The van der Waals surface area contributed by atoms with Crippen LogP contribution in [0.3, 0.4) is 0 Å². The molecule has 1 aliphatic heterocycles. The standard InChI is InChI=1S/C27H34ClN5O3/c1-17(27(2,3)4)32(5)26(35)36-21-12-13-23-22(15-21)30-25(33(23)20-7-6-14-29-16-20)31-24(34)18-8-10-19(28)11-9-18/h8-13,15,17,20,29H,6-7,14,16H2,1-5H3,(H,30,31,34)/t17-,20?/m0/s1. The van der Waals surface area contributed by atoms with Crippen molar-refractivity contribution in [3.05, 3.63) is 53.1 Å². The minimum Gasteiger partial charge on any atom is -0.410 e. The Morgan fingerprint density at radius 1 is 1.22 bits per heavy atom. The lowest BCUT2D eigenvalue weighted by molar-refractivity contribution is 0.102. The maximum absolute atomic E-state index is 13.0. The van der Waals surface area contributed by atoms with E-state index in [4.69, 9.17) is 21.3 Å². The number of halogens is 1. The zero-order valence-electron chi connectivity index (χ0n) is 21.5. The molecule has 4 rings (SSSR count). The van der Waals surface area contributed by atoms with Crippen LogP contribution >= 0.6 is 11.6 Å². The number of anilines is 1. The molecule has 1 aliphatic rings. The van der Waals surface area contributed by atoms with Gasteiger partial charge in [-0.05, 0) is 68.1 Å². The van der Waals surface area contributed by atoms with Gasteiger partial charge in [-0.2, -0.15) is 0 Å². The van der Waals surface area contributed by atoms with E-state index in [0.29, 0.717) is 27.8 Å². The van der Waals surface area contributed by atoms with Gasteiger partial charge in [0.05, 0.1) is 11.0 Å². The van der Waals surface area contributed by atoms with Gasteiger partial charge in [-0.25, -0.2) is 9.78 Å². The first kappa shape index (κ1) is 26.0. The Bertz CT molecular complexity index is 1240. The minimum atomic E-state index is -0.427. The number of aromatic nitrogens is 2. The summed E-state index contributed by atoms with van der Waals surface area (Å²) in [5.41, 5.74) is 1.92. The molecule has 192 valence electrons. The molecule has 2 heterocycles. The van der Waals surface area contributed by atoms with Crippen LogP contribution in [-0.2, 0) is 0 Å². The lowest BCUT2D eigenvalue weighted by Crippen LogP contribution is -2.44. The summed E-state index contributed by atoms with van der Waals surface area (Å²) in [7, 11) is 1.74. The Morgan fingerprint density at radius 2 is 1.94 bits per heavy atom. The first-order valence-corrected chi connectivity index (χ1v) is 12.7. The van der Waals surface area contributed by atoms with Crippen LogP contribution in [0.5, 0.6) is 5.75 Å². The molecule has 36 heavy (non-hydrogen) atoms. The third kappa shape index (κ3) is 5.65. The molecule has 0 radical (unpaired) electrons. The van der Waals surface area contributed by atoms with Crippen molar-refractivity contribution in [2.24, 2.45) is 5.41 Å². The highest BCUT2D eigenvalue weighted by Gasteiger charge is 2.28. The fourth-order valence-corrected chi connectivity index (χ4v) is 4.47. The van der Waals surface area contributed by atoms with Gasteiger partial charge in [0.25, 0.3) is 5.91 Å². The van der Waals surface area contributed by atoms with E-state index in [0.717, 1.165) is 31.4 Å². The van der Waals surface area contributed by atoms with Crippen LogP contribution in [0.15, 0.2) is 42.5 Å². The summed E-state index contributed by atoms with van der Waals surface area (Å²) in [6, 6.07) is 12.3. The summed E-state index contributed by atoms with van der Waals surface area (Å²) in [5.74, 6) is 0.597. The predicted molar refractivity (Wildman–Crippen MR) is 143 cm³/mol. The SMILES string of the molecule is C[C@H](N(C)C(=O)Oc1ccc2c(c1)nc(NC(=O)c1ccc(Cl)cc1)n2C1CCCNC1)C(C)(C)C. The van der Waals surface area contributed by atoms with Crippen molar-refractivity contribution in [2.75, 3.05) is 25.5 Å². The molecule has 1 fully saturated rings. The van der Waals surface area contributed by atoms with E-state index in [-0.39, 0.29) is 23.4 Å². The van der Waals surface area contributed by atoms with Crippen LogP contribution in [0.4, 0.5) is 10.7 Å². The fourth-order valence-electron chi connectivity index (χ4n) is 4.34. The Kier molecular flexibility index (Phi) is 7.57. The van der Waals surface area contributed by atoms with Gasteiger partial charge in [0, 0.05) is 42.3 Å². The quantitative estimate of drug-likeness (QED) is 0.456. The van der Waals surface area contributed by atoms with Gasteiger partial charge in [-0.15, -0.1) is 0 Å². The molecule has 8 nitrogen and oxygen atoms in total. The summed E-state index contributed by atoms with van der Waals surface area (Å²) in [4.78, 5) is 32.1. The van der Waals surface area contributed by atoms with E-state index in [9.17, 15) is 9.59 Å². The highest BCUT2D eigenvalue weighted by atomic mass is 35.5. The molecule has 2 aromatic carbocycles. The molecule has 2 atom stereocenters. The Balaban J connectivity index is 1.63. The zero-order valence-corrected chi connectivity index (χ0v) is 22.2. The first-order valence-electron chi connectivity index (χ1n) is 12.3. The molecular formula is C27H34ClN5O3. The van der Waals surface area contributed by atoms with E-state index < -0.39 is 6.09 Å². The lowest BCUT2D eigenvalue weighted by atomic mass is 9.87. The second kappa shape index (κ2) is 10.5. The van der Waals surface area contributed by atoms with E-state index in [1.54, 1.807) is 48.3 Å². The third-order valence-corrected chi connectivity index (χ3v) is 7.21. The summed E-state index contributed by atoms with van der Waals surface area (Å²) < 4.78 is 7.75. The highest BCUT2D eigenvalue weighted by molar-refractivity contribution is 6.30. The van der Waals surface area contributed by atoms with Gasteiger partial charge in [0.1, 0.15) is 5.75 Å². The summed E-state index contributed by atoms with van der Waals surface area (Å²) in [5, 5.41) is 6.96. The van der Waals surface area contributed by atoms with Crippen molar-refractivity contribution in [3.8, 4) is 5.75 Å². The maximum Gasteiger partial charge on any atom is 0.415 e. The average molecular weight is 512 g/mol. The number of carbonyl (C=O) groups is 2. The Labute approximate surface area is 217 Å². The van der Waals surface area contributed by atoms with Gasteiger partial charge >= 0.3 is 6.09 Å². The topological polar surface area (TPSA) is 88.5 Å². The zero-order chi connectivity index (χ0) is 26.0. The number of carbonyl (C=O) groups excluding carboxylic acids is 2. The number of nitrogens with zero attached hydrogens (tertiary/aromatic N) is 3. The average Bonchev–Trinajstić information content (AvgIpc) is 3.20. The number of benzene rings is 2. The van der Waals surface area contributed by atoms with Crippen LogP contribution in [0, 0.1) is 5.41 Å². The number of rotatable bonds is 5. The van der Waals surface area contributed by atoms with E-state index in [1.165, 1.54) is 0 Å². The monoisotopic (exact) mass is 511 g/mol. The van der Waals surface area contributed by atoms with Crippen LogP contribution in [0.1, 0.15) is 56.9 Å². The lowest BCUT2D eigenvalue weighted by Gasteiger charge is -2.34. The molecule has 0 bridgehead atoms. The van der Waals surface area contributed by atoms with Gasteiger partial charge in [0.2, 0.25) is 5.95 Å². The van der Waals surface area contributed by atoms with E-state index >= 15 is 0 Å². The molecule has 3 aromatic rings. The largest absolute Gasteiger partial charge is 0.415 e. The number of hydrogen-bond donors (Lipinski definition) is 2. The van der Waals surface area contributed by atoms with Crippen LogP contribution in [0.2, 0.25) is 5.02 Å². The number of amides is 2. The Hall–Kier alpha value is -3.10. The van der Waals surface area contributed by atoms with Crippen molar-refractivity contribution < 1.29 is 14.3 Å². The van der Waals surface area contributed by atoms with E-state index in [2.05, 4.69) is 36.0 Å². The normalized spacial score (nSPS) is 17.0. The van der Waals surface area contributed by atoms with Crippen molar-refractivity contribution in [3.63, 3.8) is 0 Å². The molecule has 0 aliphatic carbocycles. The second-order valence-corrected chi connectivity index (χ2v) is 10.9. The van der Waals surface area contributed by atoms with Crippen LogP contribution in [-0.4, -0.2) is 52.6 Å². The molecule has 9 heteroatoms. The molecule has 0 spiro atoms. The predicted octanol–water partition coefficient (Wildman–Crippen LogP) is 5.73. The fraction of sp³-hybridized carbons (Fsp3) is 0.444. The van der Waals surface area contributed by atoms with Crippen molar-refractivity contribution in [1.82, 2.24) is 19.8 Å². The second-order valence-electron chi connectivity index (χ2n) is 10.4. The van der Waals surface area contributed by atoms with Gasteiger partial charge < -0.3 is 19.5 Å². The number of imidazole rings is 1. The number of fused-ring (bicyclic) bond motifs is 1. The van der Waals surface area contributed by atoms with E-state index in [1.807, 2.05) is 13.0 Å². The summed E-state index contributed by atoms with van der Waals surface area (Å²) in [6.45, 7) is 10.00. The number of nitrogens with one attached hydrogen (secondary N) is 2. The molecule has 1 unspecified atom stereocenters. The maximum atomic E-state index is 13.0. The van der Waals surface area contributed by atoms with Crippen molar-refractivity contribution in [2.45, 2.75) is 52.6 Å². The number of piperidine rings is 1. The molecule has 1 aromatic heterocycles. The minimum absolute atomic E-state index is 0.0126. The first-order chi connectivity index (χ1) is 17.0. The summed E-state index contributed by atoms with van der Waals surface area (Å²) >= 11 is 5.97. The highest BCUT2D eigenvalue weighted by Crippen LogP contribution is 2.31. The van der Waals surface area contributed by atoms with Gasteiger partial charge in [0.15, 0.2) is 0 Å². The molecule has 0 saturated carbocycles. The summed E-state index contributed by atoms with van der Waals surface area (Å²) in [6.07, 6.45) is 1.57. The molecule has 1 saturated heterocycles. The number of ether oxygens (including phenoxy) is 1. The molecule has 2 N–H and O–H groups in total. The smallest absolute Gasteiger partial charge is 0.410 e. The van der Waals surface area contributed by atoms with Crippen LogP contribution in [0.25, 0.3) is 11.0 Å². The third-order valence-electron chi connectivity index (χ3n) is 6.96. The molecular weight excluding hydrogens is 478 g/mol. The van der Waals surface area contributed by atoms with Gasteiger partial charge in [-0.1, -0.05) is 32.4 Å².